The third-order valence-electron chi connectivity index (χ3n) is 12.9. The van der Waals surface area contributed by atoms with Crippen molar-refractivity contribution in [3.63, 3.8) is 0 Å². The van der Waals surface area contributed by atoms with Crippen LogP contribution in [-0.4, -0.2) is 5.43 Å². The Morgan fingerprint density at radius 3 is 1.21 bits per heavy atom. The smallest absolute Gasteiger partial charge is 1.00 e. The van der Waals surface area contributed by atoms with E-state index in [0.29, 0.717) is 10.8 Å². The first-order valence-electron chi connectivity index (χ1n) is 22.1. The second-order valence-corrected chi connectivity index (χ2v) is 27.4. The van der Waals surface area contributed by atoms with Crippen molar-refractivity contribution in [2.45, 2.75) is 144 Å². The maximum Gasteiger partial charge on any atom is -1.00 e. The molecule has 0 nitrogen and oxygen atoms in total. The molecule has 0 aliphatic heterocycles. The molecule has 0 aromatic heterocycles. The quantitative estimate of drug-likeness (QED) is 0.0949. The van der Waals surface area contributed by atoms with Crippen LogP contribution in [0.15, 0.2) is 109 Å². The van der Waals surface area contributed by atoms with Crippen LogP contribution in [0.4, 0.5) is 0 Å². The Morgan fingerprint density at radius 2 is 0.879 bits per heavy atom. The molecule has 0 radical (unpaired) electrons. The number of benzene rings is 4. The van der Waals surface area contributed by atoms with Gasteiger partial charge in [0.2, 0.25) is 0 Å². The van der Waals surface area contributed by atoms with Gasteiger partial charge in [0.25, 0.3) is 0 Å². The maximum atomic E-state index is 2.48. The average molecular weight is 907 g/mol. The van der Waals surface area contributed by atoms with Gasteiger partial charge in [-0.05, 0) is 87.2 Å². The van der Waals surface area contributed by atoms with E-state index in [4.69, 9.17) is 0 Å². The van der Waals surface area contributed by atoms with E-state index >= 15 is 0 Å². The van der Waals surface area contributed by atoms with Crippen LogP contribution in [-0.2, 0) is 36.2 Å². The zero-order chi connectivity index (χ0) is 39.5. The minimum absolute atomic E-state index is 0. The van der Waals surface area contributed by atoms with Gasteiger partial charge in [-0.3, -0.25) is 0 Å². The summed E-state index contributed by atoms with van der Waals surface area (Å²) in [5, 5.41) is 5.66. The SMILES string of the molecule is CCCC1(Cc2cc3c(-c4ccc(C)cc4)cccc3[cH-]2)CCCCC1.CCCC1(Cc2cc3c(-c4ccc(C)cc4)cccc3[cH-]2)CCCCC1.C[Si](C)=[Zr+2].[Cl-].[Cl-]. The number of rotatable bonds is 10. The van der Waals surface area contributed by atoms with Crippen molar-refractivity contribution >= 4 is 27.0 Å². The van der Waals surface area contributed by atoms with E-state index < -0.39 is 0 Å². The van der Waals surface area contributed by atoms with Crippen molar-refractivity contribution in [1.82, 2.24) is 0 Å². The molecule has 308 valence electrons. The van der Waals surface area contributed by atoms with Crippen LogP contribution >= 0.6 is 0 Å². The molecule has 6 aromatic carbocycles. The molecule has 4 heteroatoms. The Bertz CT molecular complexity index is 1980. The Morgan fingerprint density at radius 1 is 0.534 bits per heavy atom. The molecule has 0 spiro atoms. The van der Waals surface area contributed by atoms with E-state index in [0.717, 1.165) is 0 Å². The number of aryl methyl sites for hydroxylation is 2. The first kappa shape index (κ1) is 48.4. The van der Waals surface area contributed by atoms with E-state index in [1.54, 1.807) is 34.5 Å². The van der Waals surface area contributed by atoms with Gasteiger partial charge in [0, 0.05) is 0 Å². The van der Waals surface area contributed by atoms with Gasteiger partial charge in [0.05, 0.1) is 0 Å². The molecule has 2 aliphatic carbocycles. The van der Waals surface area contributed by atoms with Crippen molar-refractivity contribution in [2.24, 2.45) is 10.8 Å². The van der Waals surface area contributed by atoms with E-state index in [1.807, 2.05) is 0 Å². The van der Waals surface area contributed by atoms with Crippen molar-refractivity contribution in [2.75, 3.05) is 0 Å². The van der Waals surface area contributed by atoms with Gasteiger partial charge in [0.15, 0.2) is 0 Å². The van der Waals surface area contributed by atoms with Gasteiger partial charge in [0.1, 0.15) is 0 Å². The number of halogens is 2. The molecule has 6 aromatic rings. The molecular formula is C54H68Cl2SiZr-2. The average Bonchev–Trinajstić information content (AvgIpc) is 3.79. The standard InChI is InChI=1S/2C26H31.C2H6Si.2ClH.Zr/c2*1-3-14-26(15-5-4-6-16-26)19-21-17-23-8-7-9-24(25(23)18-21)22-12-10-20(2)11-13-22;1-3-2;;;/h2*7-13,17-18H,3-6,14-16,19H2,1-2H3;1-2H3;2*1H;/q2*-1;;;;+2/p-2. The second kappa shape index (κ2) is 23.1. The predicted octanol–water partition coefficient (Wildman–Crippen LogP) is 10.4. The molecule has 58 heavy (non-hydrogen) atoms. The number of hydrogen-bond acceptors (Lipinski definition) is 0. The topological polar surface area (TPSA) is 0 Å². The van der Waals surface area contributed by atoms with Crippen LogP contribution < -0.4 is 24.8 Å². The predicted molar refractivity (Wildman–Crippen MR) is 245 cm³/mol. The van der Waals surface area contributed by atoms with Crippen molar-refractivity contribution in [3.8, 4) is 22.3 Å². The molecule has 0 unspecified atom stereocenters. The van der Waals surface area contributed by atoms with Gasteiger partial charge in [-0.25, -0.2) is 0 Å². The Labute approximate surface area is 380 Å². The van der Waals surface area contributed by atoms with Gasteiger partial charge >= 0.3 is 41.9 Å². The molecule has 0 saturated heterocycles. The number of fused-ring (bicyclic) bond motifs is 2. The first-order chi connectivity index (χ1) is 27.1. The van der Waals surface area contributed by atoms with E-state index in [2.05, 4.69) is 150 Å². The van der Waals surface area contributed by atoms with Gasteiger partial charge in [-0.15, -0.1) is 69.1 Å². The van der Waals surface area contributed by atoms with Gasteiger partial charge in [-0.1, -0.05) is 148 Å². The zero-order valence-electron chi connectivity index (χ0n) is 36.5. The summed E-state index contributed by atoms with van der Waals surface area (Å²) in [6.45, 7) is 13.6. The third kappa shape index (κ3) is 12.9. The molecule has 2 aliphatic rings. The minimum atomic E-state index is 0. The van der Waals surface area contributed by atoms with E-state index in [9.17, 15) is 0 Å². The summed E-state index contributed by atoms with van der Waals surface area (Å²) < 4.78 is 0. The van der Waals surface area contributed by atoms with Crippen LogP contribution in [0.1, 0.15) is 126 Å². The summed E-state index contributed by atoms with van der Waals surface area (Å²) in [6, 6.07) is 41.3. The largest absolute Gasteiger partial charge is 1.00 e. The monoisotopic (exact) mass is 904 g/mol. The second-order valence-electron chi connectivity index (χ2n) is 18.1. The van der Waals surface area contributed by atoms with Crippen LogP contribution in [0.2, 0.25) is 13.1 Å². The van der Waals surface area contributed by atoms with Crippen molar-refractivity contribution in [3.05, 3.63) is 131 Å². The van der Waals surface area contributed by atoms with Crippen molar-refractivity contribution in [1.29, 1.82) is 0 Å². The molecule has 0 bridgehead atoms. The minimum Gasteiger partial charge on any atom is -1.00 e. The van der Waals surface area contributed by atoms with Gasteiger partial charge in [-0.2, -0.15) is 12.1 Å². The van der Waals surface area contributed by atoms with Crippen molar-refractivity contribution < 1.29 is 48.1 Å². The van der Waals surface area contributed by atoms with Crippen LogP contribution in [0.3, 0.4) is 0 Å². The molecule has 2 saturated carbocycles. The molecule has 8 rings (SSSR count). The summed E-state index contributed by atoms with van der Waals surface area (Å²) in [5.74, 6) is 0. The molecule has 0 amide bonds. The Kier molecular flexibility index (Phi) is 19.3. The fraction of sp³-hybridized carbons (Fsp3) is 0.444. The Balaban J connectivity index is 0.000000228. The maximum absolute atomic E-state index is 2.48. The van der Waals surface area contributed by atoms with Crippen LogP contribution in [0.25, 0.3) is 43.8 Å². The molecule has 0 atom stereocenters. The summed E-state index contributed by atoms with van der Waals surface area (Å²) in [6.07, 6.45) is 22.2. The fourth-order valence-corrected chi connectivity index (χ4v) is 10.3. The van der Waals surface area contributed by atoms with Gasteiger partial charge < -0.3 is 24.8 Å². The normalized spacial score (nSPS) is 15.6. The molecule has 0 heterocycles. The van der Waals surface area contributed by atoms with Crippen LogP contribution in [0, 0.1) is 24.7 Å². The summed E-state index contributed by atoms with van der Waals surface area (Å²) in [4.78, 5) is 0. The molecule has 2 fully saturated rings. The van der Waals surface area contributed by atoms with E-state index in [1.165, 1.54) is 158 Å². The zero-order valence-corrected chi connectivity index (χ0v) is 41.4. The Hall–Kier alpha value is -2.22. The van der Waals surface area contributed by atoms with E-state index in [-0.39, 0.29) is 30.2 Å². The molecule has 0 N–H and O–H groups in total. The molecular weight excluding hydrogens is 839 g/mol. The first-order valence-corrected chi connectivity index (χ1v) is 28.3. The third-order valence-corrected chi connectivity index (χ3v) is 12.9. The number of hydrogen-bond donors (Lipinski definition) is 0. The fourth-order valence-electron chi connectivity index (χ4n) is 10.3. The summed E-state index contributed by atoms with van der Waals surface area (Å²) in [7, 11) is 0. The summed E-state index contributed by atoms with van der Waals surface area (Å²) >= 11 is 1.74. The summed E-state index contributed by atoms with van der Waals surface area (Å²) in [5.41, 5.74) is 12.5. The van der Waals surface area contributed by atoms with Crippen LogP contribution in [0.5, 0.6) is 0 Å².